The van der Waals surface area contributed by atoms with Crippen molar-refractivity contribution >= 4 is 5.97 Å². The predicted octanol–water partition coefficient (Wildman–Crippen LogP) is 1.74. The minimum absolute atomic E-state index is 0.0636. The second-order valence-corrected chi connectivity index (χ2v) is 4.00. The van der Waals surface area contributed by atoms with E-state index < -0.39 is 5.97 Å². The zero-order chi connectivity index (χ0) is 11.4. The van der Waals surface area contributed by atoms with Gasteiger partial charge in [0.15, 0.2) is 5.69 Å². The van der Waals surface area contributed by atoms with E-state index in [0.717, 1.165) is 12.3 Å². The van der Waals surface area contributed by atoms with Gasteiger partial charge in [0.2, 0.25) is 5.88 Å². The zero-order valence-corrected chi connectivity index (χ0v) is 8.93. The SMILES string of the molecule is O=C(O)c1ccc(OCCC2CCC2)nn1. The van der Waals surface area contributed by atoms with Crippen LogP contribution >= 0.6 is 0 Å². The molecule has 1 aromatic rings. The molecule has 86 valence electrons. The third-order valence-electron chi connectivity index (χ3n) is 2.86. The number of aromatic nitrogens is 2. The summed E-state index contributed by atoms with van der Waals surface area (Å²) >= 11 is 0. The minimum Gasteiger partial charge on any atom is -0.477 e. The summed E-state index contributed by atoms with van der Waals surface area (Å²) in [6, 6.07) is 2.94. The first-order chi connectivity index (χ1) is 7.75. The Kier molecular flexibility index (Phi) is 3.34. The lowest BCUT2D eigenvalue weighted by molar-refractivity contribution is 0.0689. The van der Waals surface area contributed by atoms with E-state index in [9.17, 15) is 4.79 Å². The normalized spacial score (nSPS) is 15.5. The fourth-order valence-corrected chi connectivity index (χ4v) is 1.62. The highest BCUT2D eigenvalue weighted by molar-refractivity contribution is 5.84. The van der Waals surface area contributed by atoms with Crippen LogP contribution in [0, 0.1) is 5.92 Å². The highest BCUT2D eigenvalue weighted by atomic mass is 16.5. The second kappa shape index (κ2) is 4.92. The van der Waals surface area contributed by atoms with Gasteiger partial charge in [0.05, 0.1) is 6.61 Å². The molecule has 0 aliphatic heterocycles. The lowest BCUT2D eigenvalue weighted by Crippen LogP contribution is -2.15. The van der Waals surface area contributed by atoms with Crippen molar-refractivity contribution in [3.63, 3.8) is 0 Å². The van der Waals surface area contributed by atoms with Crippen LogP contribution in [0.2, 0.25) is 0 Å². The van der Waals surface area contributed by atoms with Gasteiger partial charge in [-0.2, -0.15) is 0 Å². The maximum absolute atomic E-state index is 10.5. The number of carboxylic acids is 1. The minimum atomic E-state index is -1.08. The van der Waals surface area contributed by atoms with Gasteiger partial charge < -0.3 is 9.84 Å². The van der Waals surface area contributed by atoms with Crippen molar-refractivity contribution in [1.29, 1.82) is 0 Å². The number of carbonyl (C=O) groups is 1. The third-order valence-corrected chi connectivity index (χ3v) is 2.86. The van der Waals surface area contributed by atoms with Crippen LogP contribution in [0.5, 0.6) is 5.88 Å². The molecule has 1 aliphatic carbocycles. The van der Waals surface area contributed by atoms with E-state index in [2.05, 4.69) is 10.2 Å². The molecule has 0 amide bonds. The van der Waals surface area contributed by atoms with Crippen LogP contribution < -0.4 is 4.74 Å². The van der Waals surface area contributed by atoms with Crippen molar-refractivity contribution < 1.29 is 14.6 Å². The molecule has 1 aromatic heterocycles. The topological polar surface area (TPSA) is 72.3 Å². The smallest absolute Gasteiger partial charge is 0.356 e. The molecular formula is C11H14N2O3. The Hall–Kier alpha value is -1.65. The van der Waals surface area contributed by atoms with Gasteiger partial charge in [-0.05, 0) is 18.4 Å². The van der Waals surface area contributed by atoms with E-state index in [1.165, 1.54) is 31.4 Å². The molecule has 5 nitrogen and oxygen atoms in total. The summed E-state index contributed by atoms with van der Waals surface area (Å²) < 4.78 is 5.38. The molecule has 1 saturated carbocycles. The molecule has 0 spiro atoms. The number of rotatable bonds is 5. The Bertz CT molecular complexity index is 360. The fourth-order valence-electron chi connectivity index (χ4n) is 1.62. The molecule has 0 bridgehead atoms. The van der Waals surface area contributed by atoms with Crippen LogP contribution in [-0.4, -0.2) is 27.9 Å². The van der Waals surface area contributed by atoms with E-state index in [-0.39, 0.29) is 5.69 Å². The van der Waals surface area contributed by atoms with Crippen molar-refractivity contribution in [3.05, 3.63) is 17.8 Å². The molecule has 5 heteroatoms. The standard InChI is InChI=1S/C11H14N2O3/c14-11(15)9-4-5-10(13-12-9)16-7-6-8-2-1-3-8/h4-5,8H,1-3,6-7H2,(H,14,15). The molecule has 0 aromatic carbocycles. The summed E-state index contributed by atoms with van der Waals surface area (Å²) in [6.07, 6.45) is 4.97. The monoisotopic (exact) mass is 222 g/mol. The van der Waals surface area contributed by atoms with Crippen molar-refractivity contribution in [2.24, 2.45) is 5.92 Å². The Morgan fingerprint density at radius 2 is 2.25 bits per heavy atom. The quantitative estimate of drug-likeness (QED) is 0.821. The molecule has 1 N–H and O–H groups in total. The third kappa shape index (κ3) is 2.68. The highest BCUT2D eigenvalue weighted by Crippen LogP contribution is 2.29. The number of nitrogens with zero attached hydrogens (tertiary/aromatic N) is 2. The van der Waals surface area contributed by atoms with E-state index in [0.29, 0.717) is 12.5 Å². The van der Waals surface area contributed by atoms with E-state index in [4.69, 9.17) is 9.84 Å². The molecule has 1 aliphatic rings. The molecule has 0 unspecified atom stereocenters. The lowest BCUT2D eigenvalue weighted by atomic mass is 9.83. The molecule has 1 fully saturated rings. The van der Waals surface area contributed by atoms with Crippen LogP contribution in [0.25, 0.3) is 0 Å². The van der Waals surface area contributed by atoms with Gasteiger partial charge in [-0.1, -0.05) is 19.3 Å². The molecule has 2 rings (SSSR count). The molecular weight excluding hydrogens is 208 g/mol. The van der Waals surface area contributed by atoms with Crippen LogP contribution in [0.4, 0.5) is 0 Å². The average molecular weight is 222 g/mol. The zero-order valence-electron chi connectivity index (χ0n) is 8.93. The molecule has 16 heavy (non-hydrogen) atoms. The van der Waals surface area contributed by atoms with Crippen molar-refractivity contribution in [1.82, 2.24) is 10.2 Å². The largest absolute Gasteiger partial charge is 0.477 e. The van der Waals surface area contributed by atoms with Crippen molar-refractivity contribution in [2.75, 3.05) is 6.61 Å². The Balaban J connectivity index is 1.78. The van der Waals surface area contributed by atoms with Crippen LogP contribution in [0.15, 0.2) is 12.1 Å². The lowest BCUT2D eigenvalue weighted by Gasteiger charge is -2.24. The van der Waals surface area contributed by atoms with Gasteiger partial charge in [-0.25, -0.2) is 4.79 Å². The summed E-state index contributed by atoms with van der Waals surface area (Å²) in [4.78, 5) is 10.5. The molecule has 0 atom stereocenters. The maximum Gasteiger partial charge on any atom is 0.356 e. The van der Waals surface area contributed by atoms with Gasteiger partial charge in [0, 0.05) is 6.07 Å². The number of carboxylic acid groups (broad SMARTS) is 1. The summed E-state index contributed by atoms with van der Waals surface area (Å²) in [5, 5.41) is 15.8. The van der Waals surface area contributed by atoms with Crippen molar-refractivity contribution in [3.8, 4) is 5.88 Å². The summed E-state index contributed by atoms with van der Waals surface area (Å²) in [5.41, 5.74) is -0.0636. The number of hydrogen-bond donors (Lipinski definition) is 1. The van der Waals surface area contributed by atoms with E-state index in [1.807, 2.05) is 0 Å². The van der Waals surface area contributed by atoms with Gasteiger partial charge >= 0.3 is 5.97 Å². The van der Waals surface area contributed by atoms with Gasteiger partial charge in [0.1, 0.15) is 0 Å². The fraction of sp³-hybridized carbons (Fsp3) is 0.545. The van der Waals surface area contributed by atoms with Crippen LogP contribution in [0.1, 0.15) is 36.2 Å². The molecule has 0 saturated heterocycles. The Labute approximate surface area is 93.5 Å². The second-order valence-electron chi connectivity index (χ2n) is 4.00. The summed E-state index contributed by atoms with van der Waals surface area (Å²) in [5.74, 6) is 0.115. The summed E-state index contributed by atoms with van der Waals surface area (Å²) in [6.45, 7) is 0.631. The maximum atomic E-state index is 10.5. The number of ether oxygens (including phenoxy) is 1. The molecule has 0 radical (unpaired) electrons. The van der Waals surface area contributed by atoms with E-state index in [1.54, 1.807) is 0 Å². The Morgan fingerprint density at radius 3 is 2.75 bits per heavy atom. The van der Waals surface area contributed by atoms with Crippen LogP contribution in [0.3, 0.4) is 0 Å². The first kappa shape index (κ1) is 10.9. The average Bonchev–Trinajstić information content (AvgIpc) is 2.22. The van der Waals surface area contributed by atoms with Gasteiger partial charge in [0.25, 0.3) is 0 Å². The van der Waals surface area contributed by atoms with E-state index >= 15 is 0 Å². The first-order valence-corrected chi connectivity index (χ1v) is 5.45. The van der Waals surface area contributed by atoms with Gasteiger partial charge in [-0.15, -0.1) is 10.2 Å². The number of aromatic carboxylic acids is 1. The van der Waals surface area contributed by atoms with Crippen molar-refractivity contribution in [2.45, 2.75) is 25.7 Å². The number of hydrogen-bond acceptors (Lipinski definition) is 4. The molecule has 1 heterocycles. The predicted molar refractivity (Wildman–Crippen MR) is 56.4 cm³/mol. The Morgan fingerprint density at radius 1 is 1.44 bits per heavy atom. The highest BCUT2D eigenvalue weighted by Gasteiger charge is 2.17. The first-order valence-electron chi connectivity index (χ1n) is 5.45. The summed E-state index contributed by atoms with van der Waals surface area (Å²) in [7, 11) is 0. The van der Waals surface area contributed by atoms with Gasteiger partial charge in [-0.3, -0.25) is 0 Å². The van der Waals surface area contributed by atoms with Crippen LogP contribution in [-0.2, 0) is 0 Å².